The van der Waals surface area contributed by atoms with Gasteiger partial charge >= 0.3 is 0 Å². The summed E-state index contributed by atoms with van der Waals surface area (Å²) in [7, 11) is 0. The zero-order valence-electron chi connectivity index (χ0n) is 15.7. The highest BCUT2D eigenvalue weighted by atomic mass is 19.1. The molecule has 1 spiro atoms. The van der Waals surface area contributed by atoms with Crippen molar-refractivity contribution in [3.8, 4) is 0 Å². The van der Waals surface area contributed by atoms with Crippen LogP contribution in [0.25, 0.3) is 5.65 Å². The first-order chi connectivity index (χ1) is 14.1. The second-order valence-corrected chi connectivity index (χ2v) is 7.71. The minimum absolute atomic E-state index is 0.0101. The Labute approximate surface area is 166 Å². The molecule has 148 valence electrons. The van der Waals surface area contributed by atoms with Crippen LogP contribution in [0.1, 0.15) is 47.6 Å². The van der Waals surface area contributed by atoms with Crippen LogP contribution in [0.5, 0.6) is 0 Å². The van der Waals surface area contributed by atoms with Crippen molar-refractivity contribution in [2.75, 3.05) is 6.54 Å². The molecule has 5 rings (SSSR count). The number of likely N-dealkylation sites (tertiary alicyclic amines) is 1. The molecule has 3 aromatic rings. The molecule has 2 atom stereocenters. The number of amides is 2. The molecule has 0 radical (unpaired) electrons. The van der Waals surface area contributed by atoms with Crippen molar-refractivity contribution in [2.45, 2.75) is 37.3 Å². The Morgan fingerprint density at radius 2 is 2.07 bits per heavy atom. The lowest BCUT2D eigenvalue weighted by atomic mass is 9.76. The number of carbonyl (C=O) groups is 2. The Hall–Kier alpha value is -3.29. The van der Waals surface area contributed by atoms with E-state index in [4.69, 9.17) is 0 Å². The number of halogens is 1. The molecular formula is C21H20FN5O2. The maximum Gasteiger partial charge on any atom is 0.259 e. The molecule has 1 N–H and O–H groups in total. The normalized spacial score (nSPS) is 24.2. The number of nitrogens with zero attached hydrogens (tertiary/aromatic N) is 4. The van der Waals surface area contributed by atoms with Crippen LogP contribution in [0.2, 0.25) is 0 Å². The molecule has 2 amide bonds. The van der Waals surface area contributed by atoms with Crippen LogP contribution < -0.4 is 5.32 Å². The van der Waals surface area contributed by atoms with E-state index in [1.807, 2.05) is 0 Å². The van der Waals surface area contributed by atoms with Crippen molar-refractivity contribution in [3.63, 3.8) is 0 Å². The summed E-state index contributed by atoms with van der Waals surface area (Å²) in [5.74, 6) is -0.531. The number of carbonyl (C=O) groups excluding carboxylic acids is 2. The zero-order valence-corrected chi connectivity index (χ0v) is 15.7. The second-order valence-electron chi connectivity index (χ2n) is 7.71. The third kappa shape index (κ3) is 2.86. The highest BCUT2D eigenvalue weighted by Gasteiger charge is 2.51. The van der Waals surface area contributed by atoms with E-state index in [-0.39, 0.29) is 23.7 Å². The van der Waals surface area contributed by atoms with E-state index >= 15 is 0 Å². The minimum Gasteiger partial charge on any atom is -0.348 e. The van der Waals surface area contributed by atoms with Crippen molar-refractivity contribution in [1.82, 2.24) is 24.8 Å². The highest BCUT2D eigenvalue weighted by Crippen LogP contribution is 2.45. The Kier molecular flexibility index (Phi) is 4.08. The van der Waals surface area contributed by atoms with Crippen molar-refractivity contribution in [1.29, 1.82) is 0 Å². The number of hydrogen-bond acceptors (Lipinski definition) is 4. The number of aromatic nitrogens is 3. The highest BCUT2D eigenvalue weighted by molar-refractivity contribution is 6.00. The van der Waals surface area contributed by atoms with Crippen LogP contribution in [0.3, 0.4) is 0 Å². The minimum atomic E-state index is -0.542. The Bertz CT molecular complexity index is 1100. The third-order valence-corrected chi connectivity index (χ3v) is 6.00. The fourth-order valence-corrected chi connectivity index (χ4v) is 4.76. The van der Waals surface area contributed by atoms with Crippen LogP contribution in [-0.2, 0) is 4.79 Å². The van der Waals surface area contributed by atoms with E-state index in [1.54, 1.807) is 40.0 Å². The number of nitrogens with one attached hydrogen (secondary N) is 1. The maximum atomic E-state index is 13.6. The lowest BCUT2D eigenvalue weighted by Crippen LogP contribution is -2.58. The zero-order chi connectivity index (χ0) is 20.0. The van der Waals surface area contributed by atoms with Gasteiger partial charge in [0.2, 0.25) is 5.91 Å². The number of hydrogen-bond donors (Lipinski definition) is 1. The number of benzene rings is 1. The topological polar surface area (TPSA) is 79.6 Å². The van der Waals surface area contributed by atoms with Crippen molar-refractivity contribution >= 4 is 17.5 Å². The second kappa shape index (κ2) is 6.65. The standard InChI is InChI=1S/C21H20FN5O2/c22-15-5-3-14(4-6-15)18-21(9-7-17(28)25-21)8-1-11-26(18)20(29)16-13-24-27-12-2-10-23-19(16)27/h2-6,10,12-13,18H,1,7-9,11H2,(H,25,28)/t18-,21+/m1/s1. The van der Waals surface area contributed by atoms with E-state index < -0.39 is 5.54 Å². The van der Waals surface area contributed by atoms with Gasteiger partial charge < -0.3 is 10.2 Å². The molecule has 2 aromatic heterocycles. The van der Waals surface area contributed by atoms with E-state index in [0.717, 1.165) is 18.4 Å². The summed E-state index contributed by atoms with van der Waals surface area (Å²) in [6.45, 7) is 0.544. The molecule has 2 aliphatic heterocycles. The van der Waals surface area contributed by atoms with Crippen LogP contribution in [0, 0.1) is 5.82 Å². The summed E-state index contributed by atoms with van der Waals surface area (Å²) in [5.41, 5.74) is 1.18. The molecule has 2 saturated heterocycles. The lowest BCUT2D eigenvalue weighted by Gasteiger charge is -2.48. The summed E-state index contributed by atoms with van der Waals surface area (Å²) in [6, 6.07) is 7.56. The molecule has 0 aliphatic carbocycles. The van der Waals surface area contributed by atoms with Crippen LogP contribution in [0.4, 0.5) is 4.39 Å². The summed E-state index contributed by atoms with van der Waals surface area (Å²) in [4.78, 5) is 31.8. The first-order valence-corrected chi connectivity index (χ1v) is 9.73. The van der Waals surface area contributed by atoms with Gasteiger partial charge in [-0.25, -0.2) is 13.9 Å². The number of rotatable bonds is 2. The number of piperidine rings is 1. The van der Waals surface area contributed by atoms with Crippen LogP contribution in [0.15, 0.2) is 48.9 Å². The molecule has 0 unspecified atom stereocenters. The van der Waals surface area contributed by atoms with Crippen molar-refractivity contribution in [3.05, 3.63) is 65.9 Å². The molecular weight excluding hydrogens is 373 g/mol. The molecule has 8 heteroatoms. The number of fused-ring (bicyclic) bond motifs is 1. The molecule has 0 bridgehead atoms. The first kappa shape index (κ1) is 17.8. The van der Waals surface area contributed by atoms with E-state index in [2.05, 4.69) is 15.4 Å². The van der Waals surface area contributed by atoms with Gasteiger partial charge in [0.05, 0.1) is 17.8 Å². The average Bonchev–Trinajstić information content (AvgIpc) is 3.32. The Morgan fingerprint density at radius 1 is 1.24 bits per heavy atom. The summed E-state index contributed by atoms with van der Waals surface area (Å²) in [5, 5.41) is 7.37. The van der Waals surface area contributed by atoms with Gasteiger partial charge in [-0.2, -0.15) is 5.10 Å². The summed E-state index contributed by atoms with van der Waals surface area (Å²) < 4.78 is 15.1. The molecule has 0 saturated carbocycles. The molecule has 1 aromatic carbocycles. The fraction of sp³-hybridized carbons (Fsp3) is 0.333. The van der Waals surface area contributed by atoms with Gasteiger partial charge in [-0.3, -0.25) is 9.59 Å². The van der Waals surface area contributed by atoms with Gasteiger partial charge in [-0.15, -0.1) is 0 Å². The Morgan fingerprint density at radius 3 is 2.83 bits per heavy atom. The molecule has 29 heavy (non-hydrogen) atoms. The van der Waals surface area contributed by atoms with Gasteiger partial charge in [0.25, 0.3) is 5.91 Å². The van der Waals surface area contributed by atoms with E-state index in [9.17, 15) is 14.0 Å². The summed E-state index contributed by atoms with van der Waals surface area (Å²) >= 11 is 0. The molecule has 7 nitrogen and oxygen atoms in total. The molecule has 4 heterocycles. The predicted molar refractivity (Wildman–Crippen MR) is 103 cm³/mol. The third-order valence-electron chi connectivity index (χ3n) is 6.00. The largest absolute Gasteiger partial charge is 0.348 e. The SMILES string of the molecule is O=C1CC[C@]2(CCCN(C(=O)c3cnn4cccnc34)[C@@H]2c2ccc(F)cc2)N1. The van der Waals surface area contributed by atoms with Crippen molar-refractivity contribution in [2.24, 2.45) is 0 Å². The average molecular weight is 393 g/mol. The Balaban J connectivity index is 1.60. The van der Waals surface area contributed by atoms with Gasteiger partial charge in [0.15, 0.2) is 5.65 Å². The molecule has 2 aliphatic rings. The first-order valence-electron chi connectivity index (χ1n) is 9.73. The quantitative estimate of drug-likeness (QED) is 0.726. The van der Waals surface area contributed by atoms with Gasteiger partial charge in [-0.05, 0) is 43.0 Å². The maximum absolute atomic E-state index is 13.6. The smallest absolute Gasteiger partial charge is 0.259 e. The van der Waals surface area contributed by atoms with Crippen LogP contribution in [-0.4, -0.2) is 43.4 Å². The monoisotopic (exact) mass is 393 g/mol. The van der Waals surface area contributed by atoms with Crippen molar-refractivity contribution < 1.29 is 14.0 Å². The fourth-order valence-electron chi connectivity index (χ4n) is 4.76. The van der Waals surface area contributed by atoms with Gasteiger partial charge in [0.1, 0.15) is 11.4 Å². The predicted octanol–water partition coefficient (Wildman–Crippen LogP) is 2.49. The molecule has 2 fully saturated rings. The van der Waals surface area contributed by atoms with Crippen LogP contribution >= 0.6 is 0 Å². The van der Waals surface area contributed by atoms with E-state index in [1.165, 1.54) is 18.3 Å². The van der Waals surface area contributed by atoms with Gasteiger partial charge in [0, 0.05) is 25.4 Å². The van der Waals surface area contributed by atoms with E-state index in [0.29, 0.717) is 30.6 Å². The van der Waals surface area contributed by atoms with Gasteiger partial charge in [-0.1, -0.05) is 12.1 Å². The lowest BCUT2D eigenvalue weighted by molar-refractivity contribution is -0.120. The summed E-state index contributed by atoms with van der Waals surface area (Å²) in [6.07, 6.45) is 7.52.